The van der Waals surface area contributed by atoms with Gasteiger partial charge in [0.2, 0.25) is 5.89 Å². The van der Waals surface area contributed by atoms with Crippen LogP contribution < -0.4 is 10.1 Å². The minimum atomic E-state index is -0.528. The Labute approximate surface area is 179 Å². The molecule has 0 saturated carbocycles. The van der Waals surface area contributed by atoms with E-state index in [4.69, 9.17) is 9.15 Å². The van der Waals surface area contributed by atoms with Gasteiger partial charge < -0.3 is 19.4 Å². The lowest BCUT2D eigenvalue weighted by molar-refractivity contribution is 0.0621. The normalized spacial score (nSPS) is 22.5. The third kappa shape index (κ3) is 3.63. The topological polar surface area (TPSA) is 67.6 Å². The Kier molecular flexibility index (Phi) is 5.66. The Bertz CT molecular complexity index is 1080. The van der Waals surface area contributed by atoms with Crippen LogP contribution in [0.2, 0.25) is 0 Å². The summed E-state index contributed by atoms with van der Waals surface area (Å²) < 4.78 is 25.4. The van der Waals surface area contributed by atoms with E-state index in [1.54, 1.807) is 13.2 Å². The predicted molar refractivity (Wildman–Crippen MR) is 114 cm³/mol. The van der Waals surface area contributed by atoms with Gasteiger partial charge in [-0.1, -0.05) is 12.1 Å². The molecule has 1 amide bonds. The number of ether oxygens (including phenoxy) is 1. The summed E-state index contributed by atoms with van der Waals surface area (Å²) in [5, 5.41) is 3.10. The number of oxazole rings is 1. The molecule has 3 saturated heterocycles. The largest absolute Gasteiger partial charge is 0.496 e. The van der Waals surface area contributed by atoms with E-state index in [1.807, 2.05) is 18.2 Å². The zero-order valence-electron chi connectivity index (χ0n) is 16.6. The summed E-state index contributed by atoms with van der Waals surface area (Å²) in [7, 11) is 1.56. The molecule has 2 aromatic carbocycles. The fourth-order valence-electron chi connectivity index (χ4n) is 4.48. The van der Waals surface area contributed by atoms with Crippen LogP contribution in [0.3, 0.4) is 0 Å². The van der Waals surface area contributed by atoms with Gasteiger partial charge in [0.1, 0.15) is 17.1 Å². The molecule has 2 bridgehead atoms. The number of piperidine rings is 3. The lowest BCUT2D eigenvalue weighted by atomic mass is 9.84. The summed E-state index contributed by atoms with van der Waals surface area (Å²) in [5.74, 6) is 0.527. The minimum Gasteiger partial charge on any atom is -0.496 e. The number of carbonyl (C=O) groups excluding carboxylic acids is 1. The van der Waals surface area contributed by atoms with Gasteiger partial charge in [0, 0.05) is 18.7 Å². The number of carbonyl (C=O) groups is 1. The van der Waals surface area contributed by atoms with Crippen LogP contribution in [-0.2, 0) is 0 Å². The van der Waals surface area contributed by atoms with Crippen molar-refractivity contribution < 1.29 is 18.3 Å². The SMILES string of the molecule is COc1ccccc1-c1nc2c(C(=O)NC3CN4CCC3CC4)cc(F)cc2o1.Cl. The highest BCUT2D eigenvalue weighted by atomic mass is 35.5. The van der Waals surface area contributed by atoms with Gasteiger partial charge in [-0.3, -0.25) is 4.79 Å². The number of hydrogen-bond donors (Lipinski definition) is 1. The second-order valence-electron chi connectivity index (χ2n) is 7.74. The second-order valence-corrected chi connectivity index (χ2v) is 7.74. The molecular formula is C22H23ClFN3O3. The number of benzene rings is 2. The first-order valence-corrected chi connectivity index (χ1v) is 9.89. The number of aromatic nitrogens is 1. The first-order valence-electron chi connectivity index (χ1n) is 9.89. The Balaban J connectivity index is 0.00000218. The average Bonchev–Trinajstić information content (AvgIpc) is 3.17. The van der Waals surface area contributed by atoms with Gasteiger partial charge in [0.05, 0.1) is 18.2 Å². The molecule has 1 unspecified atom stereocenters. The van der Waals surface area contributed by atoms with Crippen LogP contribution in [-0.4, -0.2) is 48.6 Å². The van der Waals surface area contributed by atoms with E-state index in [1.165, 1.54) is 12.1 Å². The van der Waals surface area contributed by atoms with E-state index in [0.717, 1.165) is 32.5 Å². The molecule has 30 heavy (non-hydrogen) atoms. The van der Waals surface area contributed by atoms with Crippen molar-refractivity contribution in [3.05, 3.63) is 47.8 Å². The minimum absolute atomic E-state index is 0. The Hall–Kier alpha value is -2.64. The van der Waals surface area contributed by atoms with Crippen molar-refractivity contribution in [2.24, 2.45) is 5.92 Å². The molecule has 3 aliphatic heterocycles. The van der Waals surface area contributed by atoms with E-state index >= 15 is 0 Å². The number of hydrogen-bond acceptors (Lipinski definition) is 5. The number of para-hydroxylation sites is 1. The van der Waals surface area contributed by atoms with Gasteiger partial charge >= 0.3 is 0 Å². The molecule has 1 N–H and O–H groups in total. The third-order valence-electron chi connectivity index (χ3n) is 6.01. The zero-order chi connectivity index (χ0) is 20.0. The molecule has 0 radical (unpaired) electrons. The summed E-state index contributed by atoms with van der Waals surface area (Å²) in [6.45, 7) is 3.03. The zero-order valence-corrected chi connectivity index (χ0v) is 17.4. The van der Waals surface area contributed by atoms with Crippen LogP contribution in [0.15, 0.2) is 40.8 Å². The maximum Gasteiger partial charge on any atom is 0.253 e. The van der Waals surface area contributed by atoms with Crippen molar-refractivity contribution in [1.82, 2.24) is 15.2 Å². The monoisotopic (exact) mass is 431 g/mol. The van der Waals surface area contributed by atoms with Crippen molar-refractivity contribution in [3.63, 3.8) is 0 Å². The van der Waals surface area contributed by atoms with E-state index < -0.39 is 5.82 Å². The molecule has 4 heterocycles. The number of halogens is 2. The molecule has 3 aliphatic rings. The smallest absolute Gasteiger partial charge is 0.253 e. The van der Waals surface area contributed by atoms with Crippen LogP contribution in [0.25, 0.3) is 22.6 Å². The van der Waals surface area contributed by atoms with E-state index in [-0.39, 0.29) is 35.5 Å². The van der Waals surface area contributed by atoms with Crippen molar-refractivity contribution in [2.45, 2.75) is 18.9 Å². The molecular weight excluding hydrogens is 409 g/mol. The van der Waals surface area contributed by atoms with E-state index in [9.17, 15) is 9.18 Å². The predicted octanol–water partition coefficient (Wildman–Crippen LogP) is 3.89. The molecule has 158 valence electrons. The van der Waals surface area contributed by atoms with Crippen LogP contribution in [0.5, 0.6) is 5.75 Å². The quantitative estimate of drug-likeness (QED) is 0.678. The Morgan fingerprint density at radius 3 is 2.73 bits per heavy atom. The van der Waals surface area contributed by atoms with Gasteiger partial charge in [-0.2, -0.15) is 0 Å². The van der Waals surface area contributed by atoms with Crippen molar-refractivity contribution in [1.29, 1.82) is 0 Å². The van der Waals surface area contributed by atoms with Crippen molar-refractivity contribution >= 4 is 29.4 Å². The Morgan fingerprint density at radius 1 is 1.27 bits per heavy atom. The van der Waals surface area contributed by atoms with Crippen LogP contribution >= 0.6 is 12.4 Å². The van der Waals surface area contributed by atoms with Gasteiger partial charge in [-0.05, 0) is 50.0 Å². The van der Waals surface area contributed by atoms with E-state index in [0.29, 0.717) is 28.6 Å². The summed E-state index contributed by atoms with van der Waals surface area (Å²) in [6, 6.07) is 9.87. The molecule has 3 fully saturated rings. The highest BCUT2D eigenvalue weighted by Gasteiger charge is 2.35. The van der Waals surface area contributed by atoms with Crippen LogP contribution in [0, 0.1) is 11.7 Å². The standard InChI is InChI=1S/C22H22FN3O3.ClH/c1-28-18-5-3-2-4-15(18)22-25-20-16(10-14(23)11-19(20)29-22)21(27)24-17-12-26-8-6-13(17)7-9-26;/h2-5,10-11,13,17H,6-9,12H2,1H3,(H,24,27);1H. The van der Waals surface area contributed by atoms with Crippen molar-refractivity contribution in [2.75, 3.05) is 26.7 Å². The van der Waals surface area contributed by atoms with Gasteiger partial charge in [-0.25, -0.2) is 9.37 Å². The summed E-state index contributed by atoms with van der Waals surface area (Å²) in [5.41, 5.74) is 1.44. The van der Waals surface area contributed by atoms with Gasteiger partial charge in [-0.15, -0.1) is 12.4 Å². The fraction of sp³-hybridized carbons (Fsp3) is 0.364. The molecule has 1 atom stereocenters. The molecule has 3 aromatic rings. The summed E-state index contributed by atoms with van der Waals surface area (Å²) in [6.07, 6.45) is 2.18. The van der Waals surface area contributed by atoms with Crippen LogP contribution in [0.1, 0.15) is 23.2 Å². The van der Waals surface area contributed by atoms with Gasteiger partial charge in [0.25, 0.3) is 5.91 Å². The lowest BCUT2D eigenvalue weighted by Crippen LogP contribution is -2.57. The average molecular weight is 432 g/mol. The summed E-state index contributed by atoms with van der Waals surface area (Å²) in [4.78, 5) is 19.9. The lowest BCUT2D eigenvalue weighted by Gasteiger charge is -2.44. The maximum atomic E-state index is 14.2. The number of methoxy groups -OCH3 is 1. The number of amides is 1. The molecule has 8 heteroatoms. The molecule has 6 nitrogen and oxygen atoms in total. The first kappa shape index (κ1) is 20.6. The highest BCUT2D eigenvalue weighted by Crippen LogP contribution is 2.33. The number of fused-ring (bicyclic) bond motifs is 4. The number of rotatable bonds is 4. The summed E-state index contributed by atoms with van der Waals surface area (Å²) >= 11 is 0. The molecule has 0 spiro atoms. The second kappa shape index (κ2) is 8.24. The van der Waals surface area contributed by atoms with Crippen LogP contribution in [0.4, 0.5) is 4.39 Å². The number of nitrogens with one attached hydrogen (secondary N) is 1. The Morgan fingerprint density at radius 2 is 2.03 bits per heavy atom. The highest BCUT2D eigenvalue weighted by molar-refractivity contribution is 6.05. The maximum absolute atomic E-state index is 14.2. The van der Waals surface area contributed by atoms with E-state index in [2.05, 4.69) is 15.2 Å². The molecule has 6 rings (SSSR count). The molecule has 0 aliphatic carbocycles. The van der Waals surface area contributed by atoms with Gasteiger partial charge in [0.15, 0.2) is 5.58 Å². The first-order chi connectivity index (χ1) is 14.1. The number of nitrogens with zero attached hydrogens (tertiary/aromatic N) is 2. The van der Waals surface area contributed by atoms with Crippen molar-refractivity contribution in [3.8, 4) is 17.2 Å². The third-order valence-corrected chi connectivity index (χ3v) is 6.01. The molecule has 1 aromatic heterocycles. The fourth-order valence-corrected chi connectivity index (χ4v) is 4.48.